The minimum Gasteiger partial charge on any atom is -0.383 e. The van der Waals surface area contributed by atoms with Gasteiger partial charge >= 0.3 is 0 Å². The summed E-state index contributed by atoms with van der Waals surface area (Å²) in [5.41, 5.74) is -0.250. The van der Waals surface area contributed by atoms with Crippen molar-refractivity contribution < 1.29 is 18.1 Å². The van der Waals surface area contributed by atoms with Crippen LogP contribution in [0.4, 0.5) is 5.69 Å². The second-order valence-corrected chi connectivity index (χ2v) is 8.38. The molecule has 0 saturated heterocycles. The summed E-state index contributed by atoms with van der Waals surface area (Å²) in [6, 6.07) is 9.20. The van der Waals surface area contributed by atoms with Crippen molar-refractivity contribution in [2.24, 2.45) is 0 Å². The molecule has 0 unspecified atom stereocenters. The van der Waals surface area contributed by atoms with Crippen LogP contribution in [0.3, 0.4) is 0 Å². The average Bonchev–Trinajstić information content (AvgIpc) is 2.59. The van der Waals surface area contributed by atoms with Crippen LogP contribution in [0, 0.1) is 10.1 Å². The van der Waals surface area contributed by atoms with Gasteiger partial charge in [0.25, 0.3) is 5.69 Å². The van der Waals surface area contributed by atoms with Crippen LogP contribution in [0.25, 0.3) is 0 Å². The Kier molecular flexibility index (Phi) is 6.35. The van der Waals surface area contributed by atoms with Crippen LogP contribution in [0.5, 0.6) is 0 Å². The first-order valence-corrected chi connectivity index (χ1v) is 9.78. The predicted octanol–water partition coefficient (Wildman–Crippen LogP) is 3.48. The van der Waals surface area contributed by atoms with Crippen molar-refractivity contribution in [1.82, 2.24) is 4.90 Å². The fraction of sp³-hybridized carbons (Fsp3) is 0.167. The van der Waals surface area contributed by atoms with Crippen LogP contribution in [-0.4, -0.2) is 38.1 Å². The first kappa shape index (κ1) is 20.6. The van der Waals surface area contributed by atoms with Crippen molar-refractivity contribution in [1.29, 1.82) is 0 Å². The molecule has 0 heterocycles. The third-order valence-electron chi connectivity index (χ3n) is 3.60. The van der Waals surface area contributed by atoms with E-state index in [9.17, 15) is 23.3 Å². The summed E-state index contributed by atoms with van der Waals surface area (Å²) in [5.74, 6) is -0.993. The molecule has 0 radical (unpaired) electrons. The molecule has 0 amide bonds. The lowest BCUT2D eigenvalue weighted by Crippen LogP contribution is -2.09. The molecule has 0 N–H and O–H groups in total. The number of allylic oxidation sites excluding steroid dienone is 1. The molecule has 0 spiro atoms. The lowest BCUT2D eigenvalue weighted by Gasteiger charge is -2.08. The largest absolute Gasteiger partial charge is 0.383 e. The molecule has 0 aliphatic heterocycles. The van der Waals surface area contributed by atoms with Crippen molar-refractivity contribution in [3.05, 3.63) is 81.0 Å². The molecular weight excluding hydrogens is 392 g/mol. The van der Waals surface area contributed by atoms with Gasteiger partial charge in [-0.25, -0.2) is 8.42 Å². The molecule has 0 aromatic heterocycles. The predicted molar refractivity (Wildman–Crippen MR) is 103 cm³/mol. The van der Waals surface area contributed by atoms with Gasteiger partial charge in [-0.3, -0.25) is 14.9 Å². The second kappa shape index (κ2) is 8.32. The Morgan fingerprint density at radius 1 is 1.19 bits per heavy atom. The number of hydrogen-bond acceptors (Lipinski definition) is 6. The standard InChI is InChI=1S/C18H17ClN2O5S/c1-20(2)10-9-18(22)13-3-8-17(21(23)24)14(11-13)12-27(25,26)16-6-4-15(19)5-7-16/h3-11H,12H2,1-2H3/b10-9+. The Hall–Kier alpha value is -2.71. The molecular formula is C18H17ClN2O5S. The normalized spacial score (nSPS) is 11.5. The van der Waals surface area contributed by atoms with Crippen molar-refractivity contribution in [3.63, 3.8) is 0 Å². The van der Waals surface area contributed by atoms with E-state index in [0.29, 0.717) is 5.02 Å². The zero-order valence-corrected chi connectivity index (χ0v) is 16.2. The summed E-state index contributed by atoms with van der Waals surface area (Å²) in [4.78, 5) is 24.5. The Morgan fingerprint density at radius 2 is 1.81 bits per heavy atom. The average molecular weight is 409 g/mol. The number of hydrogen-bond donors (Lipinski definition) is 0. The maximum atomic E-state index is 12.6. The summed E-state index contributed by atoms with van der Waals surface area (Å²) in [6.45, 7) is 0. The highest BCUT2D eigenvalue weighted by Crippen LogP contribution is 2.26. The number of nitro groups is 1. The van der Waals surface area contributed by atoms with Gasteiger partial charge in [-0.15, -0.1) is 0 Å². The van der Waals surface area contributed by atoms with Gasteiger partial charge in [0.15, 0.2) is 15.6 Å². The van der Waals surface area contributed by atoms with E-state index in [2.05, 4.69) is 0 Å². The summed E-state index contributed by atoms with van der Waals surface area (Å²) in [7, 11) is -0.375. The maximum Gasteiger partial charge on any atom is 0.273 e. The van der Waals surface area contributed by atoms with E-state index < -0.39 is 20.5 Å². The lowest BCUT2D eigenvalue weighted by atomic mass is 10.1. The van der Waals surface area contributed by atoms with Gasteiger partial charge < -0.3 is 4.90 Å². The SMILES string of the molecule is CN(C)/C=C/C(=O)c1ccc([N+](=O)[O-])c(CS(=O)(=O)c2ccc(Cl)cc2)c1. The molecule has 0 aliphatic rings. The van der Waals surface area contributed by atoms with E-state index in [1.807, 2.05) is 0 Å². The summed E-state index contributed by atoms with van der Waals surface area (Å²) in [6.07, 6.45) is 2.84. The molecule has 0 atom stereocenters. The van der Waals surface area contributed by atoms with Crippen LogP contribution in [0.15, 0.2) is 59.6 Å². The zero-order chi connectivity index (χ0) is 20.2. The van der Waals surface area contributed by atoms with E-state index >= 15 is 0 Å². The van der Waals surface area contributed by atoms with Gasteiger partial charge in [-0.05, 0) is 36.4 Å². The fourth-order valence-electron chi connectivity index (χ4n) is 2.28. The van der Waals surface area contributed by atoms with Gasteiger partial charge in [0.1, 0.15) is 0 Å². The van der Waals surface area contributed by atoms with Crippen LogP contribution in [-0.2, 0) is 15.6 Å². The summed E-state index contributed by atoms with van der Waals surface area (Å²) in [5, 5.41) is 11.6. The van der Waals surface area contributed by atoms with E-state index in [1.54, 1.807) is 19.0 Å². The quantitative estimate of drug-likeness (QED) is 0.301. The molecule has 0 aliphatic carbocycles. The highest BCUT2D eigenvalue weighted by Gasteiger charge is 2.23. The van der Waals surface area contributed by atoms with Gasteiger partial charge in [0.05, 0.1) is 15.6 Å². The van der Waals surface area contributed by atoms with Crippen LogP contribution in [0.2, 0.25) is 5.02 Å². The second-order valence-electron chi connectivity index (χ2n) is 5.96. The molecule has 142 valence electrons. The molecule has 9 heteroatoms. The number of halogens is 1. The van der Waals surface area contributed by atoms with Crippen molar-refractivity contribution in [3.8, 4) is 0 Å². The van der Waals surface area contributed by atoms with Crippen LogP contribution >= 0.6 is 11.6 Å². The van der Waals surface area contributed by atoms with E-state index in [0.717, 1.165) is 6.07 Å². The van der Waals surface area contributed by atoms with Gasteiger partial charge in [-0.1, -0.05) is 11.6 Å². The van der Waals surface area contributed by atoms with Crippen molar-refractivity contribution in [2.75, 3.05) is 14.1 Å². The number of benzene rings is 2. The van der Waals surface area contributed by atoms with E-state index in [1.165, 1.54) is 48.7 Å². The Balaban J connectivity index is 2.44. The fourth-order valence-corrected chi connectivity index (χ4v) is 3.76. The third kappa shape index (κ3) is 5.38. The van der Waals surface area contributed by atoms with E-state index in [-0.39, 0.29) is 27.5 Å². The topological polar surface area (TPSA) is 97.6 Å². The number of carbonyl (C=O) groups is 1. The molecule has 27 heavy (non-hydrogen) atoms. The third-order valence-corrected chi connectivity index (χ3v) is 5.54. The minimum atomic E-state index is -3.85. The van der Waals surface area contributed by atoms with Crippen molar-refractivity contribution in [2.45, 2.75) is 10.6 Å². The van der Waals surface area contributed by atoms with Gasteiger partial charge in [0, 0.05) is 48.6 Å². The van der Waals surface area contributed by atoms with Gasteiger partial charge in [0.2, 0.25) is 0 Å². The van der Waals surface area contributed by atoms with E-state index in [4.69, 9.17) is 11.6 Å². The highest BCUT2D eigenvalue weighted by atomic mass is 35.5. The smallest absolute Gasteiger partial charge is 0.273 e. The maximum absolute atomic E-state index is 12.6. The number of sulfone groups is 1. The Morgan fingerprint density at radius 3 is 2.37 bits per heavy atom. The molecule has 0 bridgehead atoms. The Bertz CT molecular complexity index is 999. The number of ketones is 1. The Labute approximate surface area is 161 Å². The molecule has 0 fully saturated rings. The number of rotatable bonds is 7. The number of carbonyl (C=O) groups excluding carboxylic acids is 1. The van der Waals surface area contributed by atoms with Crippen LogP contribution in [0.1, 0.15) is 15.9 Å². The molecule has 2 aromatic rings. The first-order chi connectivity index (χ1) is 12.6. The molecule has 2 aromatic carbocycles. The highest BCUT2D eigenvalue weighted by molar-refractivity contribution is 7.90. The minimum absolute atomic E-state index is 0.00886. The molecule has 2 rings (SSSR count). The first-order valence-electron chi connectivity index (χ1n) is 7.75. The summed E-state index contributed by atoms with van der Waals surface area (Å²) >= 11 is 5.76. The molecule has 7 nitrogen and oxygen atoms in total. The zero-order valence-electron chi connectivity index (χ0n) is 14.6. The van der Waals surface area contributed by atoms with Gasteiger partial charge in [-0.2, -0.15) is 0 Å². The van der Waals surface area contributed by atoms with Crippen LogP contribution < -0.4 is 0 Å². The molecule has 0 saturated carbocycles. The number of nitrogens with zero attached hydrogens (tertiary/aromatic N) is 2. The lowest BCUT2D eigenvalue weighted by molar-refractivity contribution is -0.385. The monoisotopic (exact) mass is 408 g/mol. The summed E-state index contributed by atoms with van der Waals surface area (Å²) < 4.78 is 25.2. The van der Waals surface area contributed by atoms with Crippen molar-refractivity contribution >= 4 is 32.9 Å². The number of nitro benzene ring substituents is 1.